The van der Waals surface area contributed by atoms with Crippen LogP contribution in [0.3, 0.4) is 0 Å². The maximum atomic E-state index is 13.8. The number of nitrogens with one attached hydrogen (secondary N) is 1. The summed E-state index contributed by atoms with van der Waals surface area (Å²) < 4.78 is 5.79. The Morgan fingerprint density at radius 3 is 1.33 bits per heavy atom. The molecule has 0 aliphatic rings. The fraction of sp³-hybridized carbons (Fsp3) is 0.0606. The molecule has 0 fully saturated rings. The van der Waals surface area contributed by atoms with E-state index in [0.29, 0.717) is 6.54 Å². The van der Waals surface area contributed by atoms with Crippen LogP contribution in [0.2, 0.25) is 0 Å². The number of nitrogens with zero attached hydrogens (tertiary/aromatic N) is 1. The van der Waals surface area contributed by atoms with Gasteiger partial charge in [0.15, 0.2) is 0 Å². The summed E-state index contributed by atoms with van der Waals surface area (Å²) >= 11 is 6.62. The molecular weight excluding hydrogens is 534 g/mol. The zero-order valence-corrected chi connectivity index (χ0v) is 24.1. The number of amides is 1. The van der Waals surface area contributed by atoms with Gasteiger partial charge in [0.1, 0.15) is 6.19 Å². The van der Waals surface area contributed by atoms with Crippen LogP contribution in [0, 0.1) is 0 Å². The number of benzene rings is 5. The highest BCUT2D eigenvalue weighted by Gasteiger charge is 2.33. The Morgan fingerprint density at radius 1 is 0.564 bits per heavy atom. The third kappa shape index (κ3) is 6.21. The van der Waals surface area contributed by atoms with Gasteiger partial charge in [-0.3, -0.25) is 9.31 Å². The summed E-state index contributed by atoms with van der Waals surface area (Å²) in [5.41, 5.74) is 1.06. The van der Waals surface area contributed by atoms with Crippen molar-refractivity contribution in [3.05, 3.63) is 157 Å². The minimum atomic E-state index is -2.68. The fourth-order valence-electron chi connectivity index (χ4n) is 4.60. The van der Waals surface area contributed by atoms with Crippen LogP contribution in [0.15, 0.2) is 156 Å². The van der Waals surface area contributed by atoms with Crippen LogP contribution in [-0.2, 0) is 23.1 Å². The first-order valence-electron chi connectivity index (χ1n) is 12.9. The van der Waals surface area contributed by atoms with E-state index in [4.69, 9.17) is 16.3 Å². The lowest BCUT2D eigenvalue weighted by molar-refractivity contribution is -0.118. The van der Waals surface area contributed by atoms with Gasteiger partial charge in [0.2, 0.25) is 5.91 Å². The molecule has 0 heterocycles. The molecule has 0 saturated heterocycles. The first-order chi connectivity index (χ1) is 19.1. The molecule has 0 spiro atoms. The molecule has 194 valence electrons. The Hall–Kier alpha value is -3.55. The minimum absolute atomic E-state index is 0.0358. The predicted octanol–water partition coefficient (Wildman–Crippen LogP) is 6.20. The van der Waals surface area contributed by atoms with Crippen molar-refractivity contribution in [2.45, 2.75) is 6.54 Å². The van der Waals surface area contributed by atoms with Gasteiger partial charge in [-0.15, -0.1) is 0 Å². The van der Waals surface area contributed by atoms with Gasteiger partial charge in [-0.1, -0.05) is 163 Å². The second kappa shape index (κ2) is 12.5. The molecule has 5 aromatic rings. The largest absolute Gasteiger partial charge is 0.352 e. The van der Waals surface area contributed by atoms with Crippen molar-refractivity contribution in [1.29, 1.82) is 0 Å². The Labute approximate surface area is 236 Å². The lowest BCUT2D eigenvalue weighted by Crippen LogP contribution is -2.31. The highest BCUT2D eigenvalue weighted by atomic mass is 32.4. The van der Waals surface area contributed by atoms with Crippen molar-refractivity contribution >= 4 is 52.2 Å². The van der Waals surface area contributed by atoms with E-state index in [1.54, 1.807) is 0 Å². The van der Waals surface area contributed by atoms with Gasteiger partial charge in [0, 0.05) is 24.2 Å². The van der Waals surface area contributed by atoms with Crippen LogP contribution in [0.5, 0.6) is 0 Å². The summed E-state index contributed by atoms with van der Waals surface area (Å²) in [6.07, 6.45) is -2.44. The van der Waals surface area contributed by atoms with Gasteiger partial charge >= 0.3 is 0 Å². The zero-order valence-electron chi connectivity index (χ0n) is 21.5. The van der Waals surface area contributed by atoms with Crippen molar-refractivity contribution in [2.24, 2.45) is 4.52 Å². The fourth-order valence-corrected chi connectivity index (χ4v) is 14.1. The van der Waals surface area contributed by atoms with Crippen LogP contribution < -0.4 is 26.5 Å². The molecule has 0 saturated carbocycles. The van der Waals surface area contributed by atoms with E-state index < -0.39 is 13.2 Å². The van der Waals surface area contributed by atoms with E-state index in [-0.39, 0.29) is 12.1 Å². The van der Waals surface area contributed by atoms with Crippen LogP contribution in [-0.4, -0.2) is 12.1 Å². The lowest BCUT2D eigenvalue weighted by Gasteiger charge is -2.30. The van der Waals surface area contributed by atoms with Crippen molar-refractivity contribution in [3.63, 3.8) is 0 Å². The lowest BCUT2D eigenvalue weighted by atomic mass is 10.2. The average molecular weight is 565 g/mol. The van der Waals surface area contributed by atoms with Crippen LogP contribution in [0.4, 0.5) is 0 Å². The summed E-state index contributed by atoms with van der Waals surface area (Å²) in [6, 6.07) is 50.9. The normalized spacial score (nSPS) is 11.5. The molecule has 0 bridgehead atoms. The molecule has 0 unspecified atom stereocenters. The molecule has 0 aromatic heterocycles. The first kappa shape index (κ1) is 27.0. The first-order valence-corrected chi connectivity index (χ1v) is 17.5. The van der Waals surface area contributed by atoms with E-state index in [2.05, 4.69) is 53.8 Å². The summed E-state index contributed by atoms with van der Waals surface area (Å²) in [6.45, 7) is 0.467. The van der Waals surface area contributed by atoms with Crippen molar-refractivity contribution in [1.82, 2.24) is 5.32 Å². The highest BCUT2D eigenvalue weighted by molar-refractivity contribution is 8.22. The molecule has 39 heavy (non-hydrogen) atoms. The zero-order chi connectivity index (χ0) is 27.0. The standard InChI is InChI=1S/C33H30N2OP2S/c36-33(34-26-28-16-6-1-7-17-28)27-37(29-18-8-2-9-19-29,30-20-10-3-11-21-30)35-38(39,31-22-12-4-13-23-31)32-24-14-5-15-25-32/h1-25H,26-27H2,(H,34,36). The molecule has 0 aliphatic heterocycles. The Bertz CT molecular complexity index is 1520. The molecule has 0 aliphatic carbocycles. The monoisotopic (exact) mass is 564 g/mol. The molecule has 5 rings (SSSR count). The summed E-state index contributed by atoms with van der Waals surface area (Å²) in [7, 11) is -2.67. The van der Waals surface area contributed by atoms with Gasteiger partial charge in [-0.25, -0.2) is 0 Å². The average Bonchev–Trinajstić information content (AvgIpc) is 3.02. The smallest absolute Gasteiger partial charge is 0.226 e. The van der Waals surface area contributed by atoms with E-state index >= 15 is 0 Å². The Kier molecular flexibility index (Phi) is 8.69. The van der Waals surface area contributed by atoms with Crippen LogP contribution in [0.1, 0.15) is 5.56 Å². The van der Waals surface area contributed by atoms with Crippen LogP contribution in [0.25, 0.3) is 0 Å². The van der Waals surface area contributed by atoms with Crippen molar-refractivity contribution < 1.29 is 4.79 Å². The maximum Gasteiger partial charge on any atom is 0.226 e. The predicted molar refractivity (Wildman–Crippen MR) is 171 cm³/mol. The summed E-state index contributed by atoms with van der Waals surface area (Å²) in [5.74, 6) is -0.0358. The highest BCUT2D eigenvalue weighted by Crippen LogP contribution is 2.59. The van der Waals surface area contributed by atoms with Gasteiger partial charge in [0.25, 0.3) is 0 Å². The summed E-state index contributed by atoms with van der Waals surface area (Å²) in [4.78, 5) is 13.8. The molecule has 6 heteroatoms. The number of rotatable bonds is 9. The van der Waals surface area contributed by atoms with Gasteiger partial charge in [0.05, 0.1) is 6.16 Å². The molecule has 0 radical (unpaired) electrons. The number of hydrogen-bond acceptors (Lipinski definition) is 2. The van der Waals surface area contributed by atoms with Crippen molar-refractivity contribution in [2.75, 3.05) is 6.16 Å². The van der Waals surface area contributed by atoms with Gasteiger partial charge in [-0.05, 0) is 16.2 Å². The molecule has 1 amide bonds. The van der Waals surface area contributed by atoms with Gasteiger partial charge < -0.3 is 5.32 Å². The third-order valence-electron chi connectivity index (χ3n) is 6.56. The number of carbonyl (C=O) groups is 1. The number of carbonyl (C=O) groups excluding carboxylic acids is 1. The van der Waals surface area contributed by atoms with E-state index in [1.807, 2.05) is 103 Å². The van der Waals surface area contributed by atoms with Crippen LogP contribution >= 0.6 is 13.2 Å². The third-order valence-corrected chi connectivity index (χ3v) is 15.8. The molecule has 5 aromatic carbocycles. The second-order valence-corrected chi connectivity index (χ2v) is 16.6. The van der Waals surface area contributed by atoms with E-state index in [9.17, 15) is 4.79 Å². The molecule has 1 N–H and O–H groups in total. The van der Waals surface area contributed by atoms with Gasteiger partial charge in [-0.2, -0.15) is 0 Å². The maximum absolute atomic E-state index is 13.8. The topological polar surface area (TPSA) is 41.5 Å². The minimum Gasteiger partial charge on any atom is -0.352 e. The summed E-state index contributed by atoms with van der Waals surface area (Å²) in [5, 5.41) is 7.30. The quantitative estimate of drug-likeness (QED) is 0.217. The number of hydrogen-bond donors (Lipinski definition) is 1. The van der Waals surface area contributed by atoms with E-state index in [0.717, 1.165) is 26.8 Å². The Morgan fingerprint density at radius 2 is 0.923 bits per heavy atom. The SMILES string of the molecule is O=C(CP(=NP(=S)(c1ccccc1)c1ccccc1)(c1ccccc1)c1ccccc1)NCc1ccccc1. The van der Waals surface area contributed by atoms with Crippen molar-refractivity contribution in [3.8, 4) is 0 Å². The molecular formula is C33H30N2OP2S. The second-order valence-electron chi connectivity index (χ2n) is 9.20. The molecule has 0 atom stereocenters. The molecule has 3 nitrogen and oxygen atoms in total. The van der Waals surface area contributed by atoms with E-state index in [1.165, 1.54) is 0 Å². The Balaban J connectivity index is 1.74.